The molecule has 7 nitrogen and oxygen atoms in total. The quantitative estimate of drug-likeness (QED) is 0.704. The number of nitrogens with zero attached hydrogens (tertiary/aromatic N) is 3. The first-order chi connectivity index (χ1) is 14.3. The van der Waals surface area contributed by atoms with E-state index < -0.39 is 0 Å². The summed E-state index contributed by atoms with van der Waals surface area (Å²) in [4.78, 5) is 29.5. The maximum absolute atomic E-state index is 12.7. The van der Waals surface area contributed by atoms with Crippen LogP contribution in [0.15, 0.2) is 58.0 Å². The third-order valence-electron chi connectivity index (χ3n) is 4.83. The molecule has 0 saturated heterocycles. The molecule has 0 radical (unpaired) electrons. The summed E-state index contributed by atoms with van der Waals surface area (Å²) in [5.74, 6) is 0.237. The first-order valence-corrected chi connectivity index (χ1v) is 9.94. The lowest BCUT2D eigenvalue weighted by molar-refractivity contribution is -0.132. The predicted octanol–water partition coefficient (Wildman–Crippen LogP) is 4.24. The lowest BCUT2D eigenvalue weighted by Crippen LogP contribution is -2.36. The van der Waals surface area contributed by atoms with E-state index in [1.165, 1.54) is 5.01 Å². The van der Waals surface area contributed by atoms with Crippen LogP contribution in [0.5, 0.6) is 0 Å². The number of fused-ring (bicyclic) bond motifs is 1. The molecule has 0 atom stereocenters. The summed E-state index contributed by atoms with van der Waals surface area (Å²) in [6.07, 6.45) is 0.576. The van der Waals surface area contributed by atoms with Crippen molar-refractivity contribution in [2.75, 3.05) is 5.32 Å². The predicted molar refractivity (Wildman–Crippen MR) is 115 cm³/mol. The van der Waals surface area contributed by atoms with Crippen molar-refractivity contribution >= 4 is 34.3 Å². The maximum atomic E-state index is 12.7. The molecule has 2 heterocycles. The molecule has 3 aromatic rings. The van der Waals surface area contributed by atoms with Crippen LogP contribution in [0.2, 0.25) is 0 Å². The first kappa shape index (κ1) is 19.8. The number of oxazole rings is 1. The Kier molecular flexibility index (Phi) is 5.11. The average molecular weight is 404 g/mol. The number of hydrogen-bond acceptors (Lipinski definition) is 5. The van der Waals surface area contributed by atoms with Crippen LogP contribution >= 0.6 is 0 Å². The second kappa shape index (κ2) is 7.74. The van der Waals surface area contributed by atoms with E-state index in [4.69, 9.17) is 4.42 Å². The second-order valence-electron chi connectivity index (χ2n) is 8.39. The molecular weight excluding hydrogens is 380 g/mol. The Morgan fingerprint density at radius 3 is 2.63 bits per heavy atom. The maximum Gasteiger partial charge on any atom is 0.271 e. The Balaban J connectivity index is 1.51. The van der Waals surface area contributed by atoms with Crippen molar-refractivity contribution in [2.45, 2.75) is 45.6 Å². The highest BCUT2D eigenvalue weighted by atomic mass is 16.3. The van der Waals surface area contributed by atoms with Crippen LogP contribution in [0.3, 0.4) is 0 Å². The second-order valence-corrected chi connectivity index (χ2v) is 8.39. The van der Waals surface area contributed by atoms with Gasteiger partial charge >= 0.3 is 0 Å². The van der Waals surface area contributed by atoms with E-state index in [2.05, 4.69) is 15.4 Å². The number of anilines is 1. The molecule has 1 aliphatic heterocycles. The highest BCUT2D eigenvalue weighted by molar-refractivity contribution is 6.43. The number of rotatable bonds is 4. The minimum Gasteiger partial charge on any atom is -0.440 e. The first-order valence-electron chi connectivity index (χ1n) is 9.94. The number of amides is 2. The van der Waals surface area contributed by atoms with Gasteiger partial charge in [-0.1, -0.05) is 51.1 Å². The van der Waals surface area contributed by atoms with Gasteiger partial charge in [0.2, 0.25) is 11.8 Å². The molecule has 154 valence electrons. The van der Waals surface area contributed by atoms with Crippen molar-refractivity contribution in [1.82, 2.24) is 9.99 Å². The molecule has 1 aromatic heterocycles. The molecule has 2 amide bonds. The van der Waals surface area contributed by atoms with Gasteiger partial charge in [-0.05, 0) is 23.8 Å². The number of hydrazone groups is 1. The fourth-order valence-electron chi connectivity index (χ4n) is 3.17. The number of hydrogen-bond donors (Lipinski definition) is 1. The van der Waals surface area contributed by atoms with E-state index in [0.29, 0.717) is 41.4 Å². The topological polar surface area (TPSA) is 87.8 Å². The Hall–Kier alpha value is -3.48. The molecule has 0 fully saturated rings. The number of carbonyl (C=O) groups excluding carboxylic acids is 2. The van der Waals surface area contributed by atoms with Crippen molar-refractivity contribution in [1.29, 1.82) is 0 Å². The van der Waals surface area contributed by atoms with Gasteiger partial charge in [0.15, 0.2) is 5.58 Å². The summed E-state index contributed by atoms with van der Waals surface area (Å²) >= 11 is 0. The Morgan fingerprint density at radius 2 is 1.90 bits per heavy atom. The fraction of sp³-hybridized carbons (Fsp3) is 0.304. The van der Waals surface area contributed by atoms with E-state index in [0.717, 1.165) is 5.56 Å². The molecule has 30 heavy (non-hydrogen) atoms. The van der Waals surface area contributed by atoms with Crippen LogP contribution < -0.4 is 5.32 Å². The lowest BCUT2D eigenvalue weighted by atomic mass is 9.97. The normalized spacial score (nSPS) is 14.7. The average Bonchev–Trinajstić information content (AvgIpc) is 3.14. The molecule has 0 aliphatic carbocycles. The summed E-state index contributed by atoms with van der Waals surface area (Å²) in [7, 11) is 0. The van der Waals surface area contributed by atoms with Crippen molar-refractivity contribution in [3.63, 3.8) is 0 Å². The van der Waals surface area contributed by atoms with E-state index in [1.807, 2.05) is 51.1 Å². The van der Waals surface area contributed by atoms with Crippen LogP contribution in [0, 0.1) is 0 Å². The number of aromatic nitrogens is 1. The molecule has 1 aliphatic rings. The zero-order valence-electron chi connectivity index (χ0n) is 17.3. The largest absolute Gasteiger partial charge is 0.440 e. The van der Waals surface area contributed by atoms with Crippen LogP contribution in [0.4, 0.5) is 5.69 Å². The van der Waals surface area contributed by atoms with Crippen LogP contribution in [-0.2, 0) is 21.5 Å². The summed E-state index contributed by atoms with van der Waals surface area (Å²) in [5.41, 5.74) is 3.06. The molecular formula is C23H24N4O3. The monoisotopic (exact) mass is 404 g/mol. The Bertz CT molecular complexity index is 1130. The molecule has 4 rings (SSSR count). The zero-order valence-corrected chi connectivity index (χ0v) is 17.3. The van der Waals surface area contributed by atoms with Crippen molar-refractivity contribution in [3.8, 4) is 0 Å². The van der Waals surface area contributed by atoms with E-state index >= 15 is 0 Å². The number of nitrogens with one attached hydrogen (secondary N) is 1. The summed E-state index contributed by atoms with van der Waals surface area (Å²) in [5, 5.41) is 8.53. The van der Waals surface area contributed by atoms with E-state index in [1.54, 1.807) is 18.2 Å². The van der Waals surface area contributed by atoms with Gasteiger partial charge in [-0.25, -0.2) is 9.99 Å². The van der Waals surface area contributed by atoms with Gasteiger partial charge in [-0.15, -0.1) is 0 Å². The standard InChI is InChI=1S/C23H24N4O3/c1-23(2,3)22-25-18-13-16(9-11-19(18)30-22)24-21(29)17-10-12-20(28)27(26-17)14-15-7-5-4-6-8-15/h4-9,11,13H,10,12,14H2,1-3H3,(H,24,29). The minimum absolute atomic E-state index is 0.0888. The number of carbonyl (C=O) groups is 2. The Labute approximate surface area is 174 Å². The van der Waals surface area contributed by atoms with Gasteiger partial charge in [-0.3, -0.25) is 9.59 Å². The van der Waals surface area contributed by atoms with Crippen LogP contribution in [-0.4, -0.2) is 27.5 Å². The van der Waals surface area contributed by atoms with Crippen LogP contribution in [0.1, 0.15) is 45.1 Å². The van der Waals surface area contributed by atoms with Gasteiger partial charge < -0.3 is 9.73 Å². The van der Waals surface area contributed by atoms with Crippen LogP contribution in [0.25, 0.3) is 11.1 Å². The molecule has 0 unspecified atom stereocenters. The van der Waals surface area contributed by atoms with Gasteiger partial charge in [0.1, 0.15) is 11.2 Å². The summed E-state index contributed by atoms with van der Waals surface area (Å²) in [6, 6.07) is 14.9. The van der Waals surface area contributed by atoms with Gasteiger partial charge in [-0.2, -0.15) is 5.10 Å². The lowest BCUT2D eigenvalue weighted by Gasteiger charge is -2.23. The highest BCUT2D eigenvalue weighted by Crippen LogP contribution is 2.27. The molecule has 7 heteroatoms. The smallest absolute Gasteiger partial charge is 0.271 e. The fourth-order valence-corrected chi connectivity index (χ4v) is 3.17. The zero-order chi connectivity index (χ0) is 21.3. The van der Waals surface area contributed by atoms with Gasteiger partial charge in [0.05, 0.1) is 6.54 Å². The third-order valence-corrected chi connectivity index (χ3v) is 4.83. The Morgan fingerprint density at radius 1 is 1.13 bits per heavy atom. The van der Waals surface area contributed by atoms with Gasteiger partial charge in [0, 0.05) is 23.9 Å². The van der Waals surface area contributed by atoms with Crippen molar-refractivity contribution in [3.05, 3.63) is 60.0 Å². The van der Waals surface area contributed by atoms with E-state index in [9.17, 15) is 9.59 Å². The molecule has 1 N–H and O–H groups in total. The SMILES string of the molecule is CC(C)(C)c1nc2cc(NC(=O)C3=NN(Cc4ccccc4)C(=O)CC3)ccc2o1. The van der Waals surface area contributed by atoms with Crippen molar-refractivity contribution in [2.24, 2.45) is 5.10 Å². The minimum atomic E-state index is -0.320. The molecule has 2 aromatic carbocycles. The molecule has 0 saturated carbocycles. The highest BCUT2D eigenvalue weighted by Gasteiger charge is 2.25. The molecule has 0 bridgehead atoms. The van der Waals surface area contributed by atoms with Gasteiger partial charge in [0.25, 0.3) is 5.91 Å². The van der Waals surface area contributed by atoms with E-state index in [-0.39, 0.29) is 23.7 Å². The summed E-state index contributed by atoms with van der Waals surface area (Å²) in [6.45, 7) is 6.44. The molecule has 0 spiro atoms. The third kappa shape index (κ3) is 4.25. The number of benzene rings is 2. The summed E-state index contributed by atoms with van der Waals surface area (Å²) < 4.78 is 5.80. The van der Waals surface area contributed by atoms with Crippen molar-refractivity contribution < 1.29 is 14.0 Å².